The van der Waals surface area contributed by atoms with E-state index in [1.54, 1.807) is 18.4 Å². The maximum absolute atomic E-state index is 13.8. The Morgan fingerprint density at radius 3 is 2.88 bits per heavy atom. The maximum Gasteiger partial charge on any atom is 0.129 e. The smallest absolute Gasteiger partial charge is 0.129 e. The van der Waals surface area contributed by atoms with Crippen LogP contribution in [0.3, 0.4) is 0 Å². The molecule has 17 heavy (non-hydrogen) atoms. The second kappa shape index (κ2) is 5.49. The quantitative estimate of drug-likeness (QED) is 0.646. The van der Waals surface area contributed by atoms with E-state index in [0.29, 0.717) is 17.2 Å². The van der Waals surface area contributed by atoms with E-state index in [2.05, 4.69) is 5.43 Å². The Kier molecular flexibility index (Phi) is 3.99. The van der Waals surface area contributed by atoms with Crippen molar-refractivity contribution in [3.8, 4) is 0 Å². The highest BCUT2D eigenvalue weighted by Crippen LogP contribution is 2.29. The van der Waals surface area contributed by atoms with Crippen molar-refractivity contribution >= 4 is 11.6 Å². The molecule has 0 saturated carbocycles. The zero-order chi connectivity index (χ0) is 12.3. The van der Waals surface area contributed by atoms with Crippen LogP contribution in [0.4, 0.5) is 4.39 Å². The Balaban J connectivity index is 2.31. The van der Waals surface area contributed by atoms with Gasteiger partial charge in [0.15, 0.2) is 0 Å². The molecule has 3 nitrogen and oxygen atoms in total. The molecule has 1 atom stereocenters. The molecule has 1 aliphatic rings. The number of rotatable bonds is 3. The molecule has 0 radical (unpaired) electrons. The van der Waals surface area contributed by atoms with Crippen molar-refractivity contribution in [3.05, 3.63) is 46.4 Å². The third-order valence-electron chi connectivity index (χ3n) is 2.77. The van der Waals surface area contributed by atoms with Crippen LogP contribution in [0.2, 0.25) is 5.02 Å². The summed E-state index contributed by atoms with van der Waals surface area (Å²) in [5.41, 5.74) is 4.04. The number of hydrogen-bond donors (Lipinski definition) is 2. The van der Waals surface area contributed by atoms with Crippen LogP contribution in [0.25, 0.3) is 0 Å². The summed E-state index contributed by atoms with van der Waals surface area (Å²) >= 11 is 5.72. The van der Waals surface area contributed by atoms with E-state index in [1.165, 1.54) is 6.07 Å². The summed E-state index contributed by atoms with van der Waals surface area (Å²) in [7, 11) is 0. The fourth-order valence-corrected chi connectivity index (χ4v) is 2.09. The van der Waals surface area contributed by atoms with Crippen LogP contribution in [-0.2, 0) is 4.74 Å². The molecule has 1 heterocycles. The molecule has 2 rings (SSSR count). The zero-order valence-corrected chi connectivity index (χ0v) is 10.0. The highest BCUT2D eigenvalue weighted by Gasteiger charge is 2.20. The molecule has 1 aliphatic heterocycles. The van der Waals surface area contributed by atoms with Gasteiger partial charge in [0.05, 0.1) is 18.9 Å². The van der Waals surface area contributed by atoms with Crippen molar-refractivity contribution < 1.29 is 9.13 Å². The summed E-state index contributed by atoms with van der Waals surface area (Å²) in [6.07, 6.45) is 3.41. The molecule has 0 fully saturated rings. The number of nitrogens with two attached hydrogens (primary N) is 1. The lowest BCUT2D eigenvalue weighted by molar-refractivity contribution is 0.219. The van der Waals surface area contributed by atoms with Crippen LogP contribution in [0.1, 0.15) is 24.4 Å². The Bertz CT molecular complexity index is 437. The summed E-state index contributed by atoms with van der Waals surface area (Å²) in [5.74, 6) is 5.13. The average Bonchev–Trinajstić information content (AvgIpc) is 2.34. The Labute approximate surface area is 104 Å². The predicted octanol–water partition coefficient (Wildman–Crippen LogP) is 2.68. The highest BCUT2D eigenvalue weighted by molar-refractivity contribution is 6.30. The number of benzene rings is 1. The van der Waals surface area contributed by atoms with Gasteiger partial charge in [0.1, 0.15) is 5.82 Å². The molecule has 92 valence electrons. The Hall–Kier alpha value is -1.10. The number of ether oxygens (including phenoxy) is 1. The average molecular weight is 257 g/mol. The van der Waals surface area contributed by atoms with E-state index in [1.807, 2.05) is 0 Å². The van der Waals surface area contributed by atoms with Gasteiger partial charge in [-0.05, 0) is 30.5 Å². The lowest BCUT2D eigenvalue weighted by Gasteiger charge is -2.23. The number of hydrazine groups is 1. The van der Waals surface area contributed by atoms with Crippen LogP contribution in [-0.4, -0.2) is 6.61 Å². The first-order valence-corrected chi connectivity index (χ1v) is 5.82. The van der Waals surface area contributed by atoms with Gasteiger partial charge in [0.25, 0.3) is 0 Å². The summed E-state index contributed by atoms with van der Waals surface area (Å²) in [4.78, 5) is 0. The van der Waals surface area contributed by atoms with Gasteiger partial charge < -0.3 is 4.74 Å². The Morgan fingerprint density at radius 2 is 2.29 bits per heavy atom. The van der Waals surface area contributed by atoms with Gasteiger partial charge in [0.2, 0.25) is 0 Å². The van der Waals surface area contributed by atoms with E-state index in [9.17, 15) is 4.39 Å². The van der Waals surface area contributed by atoms with Crippen LogP contribution < -0.4 is 11.3 Å². The van der Waals surface area contributed by atoms with Gasteiger partial charge in [-0.25, -0.2) is 9.82 Å². The predicted molar refractivity (Wildman–Crippen MR) is 64.7 cm³/mol. The molecule has 0 bridgehead atoms. The summed E-state index contributed by atoms with van der Waals surface area (Å²) in [6.45, 7) is 0.698. The molecule has 0 aliphatic carbocycles. The molecular formula is C12H14ClFN2O. The highest BCUT2D eigenvalue weighted by atomic mass is 35.5. The first kappa shape index (κ1) is 12.4. The third kappa shape index (κ3) is 2.77. The summed E-state index contributed by atoms with van der Waals surface area (Å²) in [5, 5.41) is 0.371. The topological polar surface area (TPSA) is 47.3 Å². The lowest BCUT2D eigenvalue weighted by atomic mass is 9.95. The van der Waals surface area contributed by atoms with Crippen LogP contribution >= 0.6 is 11.6 Å². The van der Waals surface area contributed by atoms with E-state index in [-0.39, 0.29) is 11.9 Å². The van der Waals surface area contributed by atoms with Crippen molar-refractivity contribution in [1.82, 2.24) is 5.43 Å². The molecular weight excluding hydrogens is 243 g/mol. The SMILES string of the molecule is NNC(C1=COCCC1)c1ccc(Cl)cc1F. The second-order valence-corrected chi connectivity index (χ2v) is 4.37. The number of halogens is 2. The molecule has 0 amide bonds. The van der Waals surface area contributed by atoms with Gasteiger partial charge in [-0.1, -0.05) is 17.7 Å². The molecule has 5 heteroatoms. The van der Waals surface area contributed by atoms with E-state index in [4.69, 9.17) is 22.2 Å². The maximum atomic E-state index is 13.8. The number of hydrogen-bond acceptors (Lipinski definition) is 3. The van der Waals surface area contributed by atoms with Crippen molar-refractivity contribution in [2.45, 2.75) is 18.9 Å². The van der Waals surface area contributed by atoms with Crippen molar-refractivity contribution in [1.29, 1.82) is 0 Å². The van der Waals surface area contributed by atoms with Gasteiger partial charge in [-0.15, -0.1) is 0 Å². The molecule has 1 aromatic rings. The minimum absolute atomic E-state index is 0.368. The summed E-state index contributed by atoms with van der Waals surface area (Å²) < 4.78 is 19.0. The molecule has 1 unspecified atom stereocenters. The van der Waals surface area contributed by atoms with Crippen LogP contribution in [0.5, 0.6) is 0 Å². The Morgan fingerprint density at radius 1 is 1.47 bits per heavy atom. The summed E-state index contributed by atoms with van der Waals surface area (Å²) in [6, 6.07) is 4.20. The van der Waals surface area contributed by atoms with E-state index >= 15 is 0 Å². The fraction of sp³-hybridized carbons (Fsp3) is 0.333. The zero-order valence-electron chi connectivity index (χ0n) is 9.25. The molecule has 3 N–H and O–H groups in total. The van der Waals surface area contributed by atoms with E-state index < -0.39 is 0 Å². The van der Waals surface area contributed by atoms with Gasteiger partial charge in [0, 0.05) is 10.6 Å². The normalized spacial score (nSPS) is 17.2. The van der Waals surface area contributed by atoms with Crippen molar-refractivity contribution in [2.24, 2.45) is 5.84 Å². The monoisotopic (exact) mass is 256 g/mol. The van der Waals surface area contributed by atoms with Gasteiger partial charge in [-0.3, -0.25) is 5.84 Å². The molecule has 0 aromatic heterocycles. The largest absolute Gasteiger partial charge is 0.501 e. The first-order valence-electron chi connectivity index (χ1n) is 5.44. The number of nitrogens with one attached hydrogen (secondary N) is 1. The van der Waals surface area contributed by atoms with Crippen molar-refractivity contribution in [2.75, 3.05) is 6.61 Å². The second-order valence-electron chi connectivity index (χ2n) is 3.93. The standard InChI is InChI=1S/C12H14ClFN2O/c13-9-3-4-10(11(14)6-9)12(16-15)8-2-1-5-17-7-8/h3-4,6-7,12,16H,1-2,5,15H2. The minimum Gasteiger partial charge on any atom is -0.501 e. The van der Waals surface area contributed by atoms with Crippen LogP contribution in [0.15, 0.2) is 30.0 Å². The van der Waals surface area contributed by atoms with E-state index in [0.717, 1.165) is 18.4 Å². The lowest BCUT2D eigenvalue weighted by Crippen LogP contribution is -2.31. The van der Waals surface area contributed by atoms with Crippen LogP contribution in [0, 0.1) is 5.82 Å². The van der Waals surface area contributed by atoms with Gasteiger partial charge >= 0.3 is 0 Å². The fourth-order valence-electron chi connectivity index (χ4n) is 1.93. The molecule has 0 spiro atoms. The van der Waals surface area contributed by atoms with Gasteiger partial charge in [-0.2, -0.15) is 0 Å². The minimum atomic E-state index is -0.369. The third-order valence-corrected chi connectivity index (χ3v) is 3.01. The van der Waals surface area contributed by atoms with Crippen molar-refractivity contribution in [3.63, 3.8) is 0 Å². The molecule has 1 aromatic carbocycles. The molecule has 0 saturated heterocycles. The first-order chi connectivity index (χ1) is 8.22.